The molecule has 3 rings (SSSR count). The number of benzene rings is 2. The van der Waals surface area contributed by atoms with E-state index < -0.39 is 0 Å². The van der Waals surface area contributed by atoms with Crippen LogP contribution in [-0.4, -0.2) is 30.1 Å². The van der Waals surface area contributed by atoms with E-state index in [1.807, 2.05) is 41.8 Å². The van der Waals surface area contributed by atoms with Gasteiger partial charge < -0.3 is 19.5 Å². The molecule has 0 saturated carbocycles. The second-order valence-electron chi connectivity index (χ2n) is 5.94. The molecule has 1 amide bonds. The second kappa shape index (κ2) is 8.60. The highest BCUT2D eigenvalue weighted by Gasteiger charge is 2.22. The van der Waals surface area contributed by atoms with E-state index in [0.29, 0.717) is 18.8 Å². The topological polar surface area (TPSA) is 59.0 Å². The summed E-state index contributed by atoms with van der Waals surface area (Å²) in [4.78, 5) is 16.0. The number of methoxy groups -OCH3 is 2. The minimum Gasteiger partial charge on any atom is -0.507 e. The predicted octanol–water partition coefficient (Wildman–Crippen LogP) is 4.31. The van der Waals surface area contributed by atoms with Gasteiger partial charge in [0, 0.05) is 10.4 Å². The molecule has 0 aliphatic heterocycles. The first-order chi connectivity index (χ1) is 13.1. The number of carbonyl (C=O) groups is 1. The largest absolute Gasteiger partial charge is 0.507 e. The van der Waals surface area contributed by atoms with Gasteiger partial charge in [0.1, 0.15) is 17.2 Å². The zero-order valence-electron chi connectivity index (χ0n) is 15.2. The molecule has 0 bridgehead atoms. The summed E-state index contributed by atoms with van der Waals surface area (Å²) < 4.78 is 10.6. The molecule has 0 radical (unpaired) electrons. The number of ether oxygens (including phenoxy) is 2. The number of para-hydroxylation sites is 1. The maximum atomic E-state index is 13.2. The highest BCUT2D eigenvalue weighted by molar-refractivity contribution is 7.09. The van der Waals surface area contributed by atoms with Crippen molar-refractivity contribution in [2.24, 2.45) is 0 Å². The van der Waals surface area contributed by atoms with Crippen LogP contribution in [0.4, 0.5) is 0 Å². The molecule has 0 aliphatic carbocycles. The lowest BCUT2D eigenvalue weighted by atomic mass is 10.1. The van der Waals surface area contributed by atoms with E-state index in [2.05, 4.69) is 0 Å². The van der Waals surface area contributed by atoms with Crippen LogP contribution in [0.5, 0.6) is 17.2 Å². The van der Waals surface area contributed by atoms with Gasteiger partial charge in [-0.1, -0.05) is 24.3 Å². The van der Waals surface area contributed by atoms with Gasteiger partial charge >= 0.3 is 0 Å². The summed E-state index contributed by atoms with van der Waals surface area (Å²) in [5.41, 5.74) is 1.10. The molecule has 1 aromatic heterocycles. The Kier molecular flexibility index (Phi) is 5.98. The lowest BCUT2D eigenvalue weighted by Crippen LogP contribution is -2.30. The summed E-state index contributed by atoms with van der Waals surface area (Å²) in [5, 5.41) is 12.2. The first-order valence-corrected chi connectivity index (χ1v) is 9.31. The van der Waals surface area contributed by atoms with E-state index in [1.165, 1.54) is 13.2 Å². The summed E-state index contributed by atoms with van der Waals surface area (Å²) in [5.74, 6) is 0.892. The fourth-order valence-corrected chi connectivity index (χ4v) is 3.53. The van der Waals surface area contributed by atoms with Gasteiger partial charge in [-0.25, -0.2) is 0 Å². The van der Waals surface area contributed by atoms with Gasteiger partial charge in [0.15, 0.2) is 0 Å². The number of aromatic hydroxyl groups is 1. The van der Waals surface area contributed by atoms with Crippen molar-refractivity contribution in [1.29, 1.82) is 0 Å². The molecule has 0 atom stereocenters. The van der Waals surface area contributed by atoms with Crippen molar-refractivity contribution in [2.45, 2.75) is 13.1 Å². The Morgan fingerprint density at radius 1 is 1.04 bits per heavy atom. The molecule has 6 heteroatoms. The number of rotatable bonds is 7. The zero-order valence-corrected chi connectivity index (χ0v) is 16.0. The van der Waals surface area contributed by atoms with E-state index in [1.54, 1.807) is 35.5 Å². The highest BCUT2D eigenvalue weighted by atomic mass is 32.1. The number of hydrogen-bond acceptors (Lipinski definition) is 5. The Morgan fingerprint density at radius 2 is 1.85 bits per heavy atom. The lowest BCUT2D eigenvalue weighted by Gasteiger charge is -2.24. The molecule has 0 unspecified atom stereocenters. The van der Waals surface area contributed by atoms with E-state index in [4.69, 9.17) is 9.47 Å². The van der Waals surface area contributed by atoms with Crippen LogP contribution in [0.2, 0.25) is 0 Å². The van der Waals surface area contributed by atoms with Gasteiger partial charge in [-0.15, -0.1) is 11.3 Å². The summed E-state index contributed by atoms with van der Waals surface area (Å²) in [6.07, 6.45) is 0. The Labute approximate surface area is 162 Å². The third-order valence-electron chi connectivity index (χ3n) is 4.20. The van der Waals surface area contributed by atoms with Crippen LogP contribution < -0.4 is 9.47 Å². The second-order valence-corrected chi connectivity index (χ2v) is 6.97. The smallest absolute Gasteiger partial charge is 0.258 e. The SMILES string of the molecule is COc1ccc(O)c(C(=O)N(Cc2cccs2)Cc2ccccc2OC)c1. The lowest BCUT2D eigenvalue weighted by molar-refractivity contribution is 0.0727. The number of nitrogens with zero attached hydrogens (tertiary/aromatic N) is 1. The van der Waals surface area contributed by atoms with Crippen LogP contribution in [0.1, 0.15) is 20.8 Å². The van der Waals surface area contributed by atoms with Crippen molar-refractivity contribution in [2.75, 3.05) is 14.2 Å². The van der Waals surface area contributed by atoms with Crippen molar-refractivity contribution in [3.8, 4) is 17.2 Å². The Balaban J connectivity index is 1.95. The van der Waals surface area contributed by atoms with E-state index >= 15 is 0 Å². The van der Waals surface area contributed by atoms with Crippen molar-refractivity contribution in [3.63, 3.8) is 0 Å². The molecule has 0 fully saturated rings. The standard InChI is InChI=1S/C21H21NO4S/c1-25-16-9-10-19(23)18(12-16)21(24)22(14-17-7-5-11-27-17)13-15-6-3-4-8-20(15)26-2/h3-12,23H,13-14H2,1-2H3. The predicted molar refractivity (Wildman–Crippen MR) is 106 cm³/mol. The molecular formula is C21H21NO4S. The summed E-state index contributed by atoms with van der Waals surface area (Å²) in [6, 6.07) is 16.2. The summed E-state index contributed by atoms with van der Waals surface area (Å²) in [6.45, 7) is 0.794. The van der Waals surface area contributed by atoms with Crippen molar-refractivity contribution in [3.05, 3.63) is 76.0 Å². The van der Waals surface area contributed by atoms with Crippen LogP contribution in [0.15, 0.2) is 60.0 Å². The van der Waals surface area contributed by atoms with Crippen LogP contribution >= 0.6 is 11.3 Å². The van der Waals surface area contributed by atoms with Crippen LogP contribution in [0.3, 0.4) is 0 Å². The maximum Gasteiger partial charge on any atom is 0.258 e. The monoisotopic (exact) mass is 383 g/mol. The zero-order chi connectivity index (χ0) is 19.2. The molecule has 27 heavy (non-hydrogen) atoms. The number of hydrogen-bond donors (Lipinski definition) is 1. The van der Waals surface area contributed by atoms with Crippen LogP contribution in [0, 0.1) is 0 Å². The minimum absolute atomic E-state index is 0.0722. The van der Waals surface area contributed by atoms with Crippen LogP contribution in [-0.2, 0) is 13.1 Å². The molecule has 3 aromatic rings. The average Bonchev–Trinajstić information content (AvgIpc) is 3.21. The Bertz CT molecular complexity index is 908. The first kappa shape index (κ1) is 18.8. The molecular weight excluding hydrogens is 362 g/mol. The van der Waals surface area contributed by atoms with Gasteiger partial charge in [-0.3, -0.25) is 4.79 Å². The number of phenolic OH excluding ortho intramolecular Hbond substituents is 1. The molecule has 2 aromatic carbocycles. The van der Waals surface area contributed by atoms with Gasteiger partial charge in [-0.05, 0) is 35.7 Å². The van der Waals surface area contributed by atoms with Gasteiger partial charge in [-0.2, -0.15) is 0 Å². The van der Waals surface area contributed by atoms with Crippen molar-refractivity contribution >= 4 is 17.2 Å². The minimum atomic E-state index is -0.272. The molecule has 1 heterocycles. The fraction of sp³-hybridized carbons (Fsp3) is 0.190. The average molecular weight is 383 g/mol. The molecule has 140 valence electrons. The van der Waals surface area contributed by atoms with Gasteiger partial charge in [0.2, 0.25) is 0 Å². The summed E-state index contributed by atoms with van der Waals surface area (Å²) >= 11 is 1.58. The molecule has 0 saturated heterocycles. The van der Waals surface area contributed by atoms with Crippen molar-refractivity contribution < 1.29 is 19.4 Å². The molecule has 0 aliphatic rings. The van der Waals surface area contributed by atoms with E-state index in [9.17, 15) is 9.90 Å². The highest BCUT2D eigenvalue weighted by Crippen LogP contribution is 2.27. The third-order valence-corrected chi connectivity index (χ3v) is 5.06. The number of thiophene rings is 1. The Hall–Kier alpha value is -2.99. The number of phenols is 1. The third kappa shape index (κ3) is 4.41. The van der Waals surface area contributed by atoms with E-state index in [-0.39, 0.29) is 17.2 Å². The van der Waals surface area contributed by atoms with E-state index in [0.717, 1.165) is 16.2 Å². The normalized spacial score (nSPS) is 10.4. The Morgan fingerprint density at radius 3 is 2.56 bits per heavy atom. The summed E-state index contributed by atoms with van der Waals surface area (Å²) in [7, 11) is 3.14. The van der Waals surface area contributed by atoms with Gasteiger partial charge in [0.25, 0.3) is 5.91 Å². The molecule has 0 spiro atoms. The number of carbonyl (C=O) groups excluding carboxylic acids is 1. The molecule has 1 N–H and O–H groups in total. The maximum absolute atomic E-state index is 13.2. The quantitative estimate of drug-likeness (QED) is 0.660. The first-order valence-electron chi connectivity index (χ1n) is 8.43. The van der Waals surface area contributed by atoms with Crippen LogP contribution in [0.25, 0.3) is 0 Å². The molecule has 5 nitrogen and oxygen atoms in total. The fourth-order valence-electron chi connectivity index (χ4n) is 2.81. The van der Waals surface area contributed by atoms with Crippen molar-refractivity contribution in [1.82, 2.24) is 4.90 Å². The van der Waals surface area contributed by atoms with Gasteiger partial charge in [0.05, 0.1) is 32.9 Å². The number of amides is 1.